The van der Waals surface area contributed by atoms with Crippen LogP contribution in [0.5, 0.6) is 0 Å². The van der Waals surface area contributed by atoms with Gasteiger partial charge in [-0.1, -0.05) is 34.6 Å². The van der Waals surface area contributed by atoms with Crippen LogP contribution >= 0.6 is 0 Å². The molecule has 0 spiro atoms. The van der Waals surface area contributed by atoms with Crippen molar-refractivity contribution < 1.29 is 14.7 Å². The van der Waals surface area contributed by atoms with E-state index in [0.717, 1.165) is 25.9 Å². The van der Waals surface area contributed by atoms with Gasteiger partial charge in [-0.05, 0) is 24.7 Å². The predicted molar refractivity (Wildman–Crippen MR) is 85.3 cm³/mol. The molecular weight excluding hydrogens is 268 g/mol. The highest BCUT2D eigenvalue weighted by Crippen LogP contribution is 2.10. The first kappa shape index (κ1) is 19.7. The minimum Gasteiger partial charge on any atom is -0.481 e. The van der Waals surface area contributed by atoms with Crippen molar-refractivity contribution in [3.63, 3.8) is 0 Å². The fourth-order valence-corrected chi connectivity index (χ4v) is 1.94. The maximum absolute atomic E-state index is 12.5. The van der Waals surface area contributed by atoms with Crippen molar-refractivity contribution in [2.45, 2.75) is 47.5 Å². The SMILES string of the molecule is CC(C)CCN(CCC(C)C)C(=O)N(C)CC(C)C(=O)O. The van der Waals surface area contributed by atoms with E-state index in [-0.39, 0.29) is 12.6 Å². The van der Waals surface area contributed by atoms with E-state index in [9.17, 15) is 9.59 Å². The van der Waals surface area contributed by atoms with Gasteiger partial charge in [-0.15, -0.1) is 0 Å². The molecule has 21 heavy (non-hydrogen) atoms. The largest absolute Gasteiger partial charge is 0.481 e. The van der Waals surface area contributed by atoms with Gasteiger partial charge in [-0.25, -0.2) is 4.79 Å². The number of carbonyl (C=O) groups is 2. The van der Waals surface area contributed by atoms with Gasteiger partial charge in [-0.2, -0.15) is 0 Å². The zero-order valence-electron chi connectivity index (χ0n) is 14.4. The molecule has 0 aromatic rings. The third-order valence-electron chi connectivity index (χ3n) is 3.52. The number of hydrogen-bond donors (Lipinski definition) is 1. The molecule has 1 N–H and O–H groups in total. The number of carboxylic acids is 1. The topological polar surface area (TPSA) is 60.9 Å². The van der Waals surface area contributed by atoms with Gasteiger partial charge in [0.05, 0.1) is 5.92 Å². The van der Waals surface area contributed by atoms with Gasteiger partial charge in [0, 0.05) is 26.7 Å². The van der Waals surface area contributed by atoms with Crippen LogP contribution in [0.2, 0.25) is 0 Å². The molecule has 0 aliphatic heterocycles. The van der Waals surface area contributed by atoms with Gasteiger partial charge >= 0.3 is 12.0 Å². The minimum atomic E-state index is -0.870. The zero-order chi connectivity index (χ0) is 16.6. The third-order valence-corrected chi connectivity index (χ3v) is 3.52. The molecule has 0 rings (SSSR count). The van der Waals surface area contributed by atoms with Crippen molar-refractivity contribution in [3.05, 3.63) is 0 Å². The first-order valence-corrected chi connectivity index (χ1v) is 7.88. The Morgan fingerprint density at radius 1 is 0.952 bits per heavy atom. The summed E-state index contributed by atoms with van der Waals surface area (Å²) in [5.74, 6) is -0.327. The smallest absolute Gasteiger partial charge is 0.319 e. The number of amides is 2. The van der Waals surface area contributed by atoms with E-state index in [1.165, 1.54) is 4.90 Å². The summed E-state index contributed by atoms with van der Waals surface area (Å²) in [5.41, 5.74) is 0. The van der Waals surface area contributed by atoms with Crippen molar-refractivity contribution in [3.8, 4) is 0 Å². The Morgan fingerprint density at radius 3 is 1.71 bits per heavy atom. The zero-order valence-corrected chi connectivity index (χ0v) is 14.4. The van der Waals surface area contributed by atoms with E-state index in [4.69, 9.17) is 5.11 Å². The number of hydrogen-bond acceptors (Lipinski definition) is 2. The van der Waals surface area contributed by atoms with Gasteiger partial charge in [0.25, 0.3) is 0 Å². The second-order valence-corrected chi connectivity index (χ2v) is 6.75. The van der Waals surface area contributed by atoms with Gasteiger partial charge in [-0.3, -0.25) is 4.79 Å². The summed E-state index contributed by atoms with van der Waals surface area (Å²) in [6.07, 6.45) is 1.93. The summed E-state index contributed by atoms with van der Waals surface area (Å²) >= 11 is 0. The van der Waals surface area contributed by atoms with Crippen LogP contribution in [0.1, 0.15) is 47.5 Å². The quantitative estimate of drug-likeness (QED) is 0.711. The molecule has 0 bridgehead atoms. The van der Waals surface area contributed by atoms with Crippen LogP contribution in [0.4, 0.5) is 4.79 Å². The monoisotopic (exact) mass is 300 g/mol. The molecule has 0 radical (unpaired) electrons. The summed E-state index contributed by atoms with van der Waals surface area (Å²) in [4.78, 5) is 26.8. The van der Waals surface area contributed by atoms with Crippen LogP contribution in [0, 0.1) is 17.8 Å². The van der Waals surface area contributed by atoms with Crippen molar-refractivity contribution in [1.82, 2.24) is 9.80 Å². The maximum Gasteiger partial charge on any atom is 0.319 e. The summed E-state index contributed by atoms with van der Waals surface area (Å²) in [6.45, 7) is 11.9. The number of urea groups is 1. The average Bonchev–Trinajstić information content (AvgIpc) is 2.37. The molecule has 0 aliphatic carbocycles. The summed E-state index contributed by atoms with van der Waals surface area (Å²) in [6, 6.07) is -0.0654. The van der Waals surface area contributed by atoms with Gasteiger partial charge in [0.1, 0.15) is 0 Å². The van der Waals surface area contributed by atoms with Gasteiger partial charge in [0.15, 0.2) is 0 Å². The Balaban J connectivity index is 4.62. The van der Waals surface area contributed by atoms with Crippen LogP contribution in [0.15, 0.2) is 0 Å². The van der Waals surface area contributed by atoms with E-state index < -0.39 is 11.9 Å². The lowest BCUT2D eigenvalue weighted by atomic mass is 10.1. The fraction of sp³-hybridized carbons (Fsp3) is 0.875. The molecule has 0 aliphatic rings. The fourth-order valence-electron chi connectivity index (χ4n) is 1.94. The highest BCUT2D eigenvalue weighted by molar-refractivity contribution is 5.75. The van der Waals surface area contributed by atoms with E-state index >= 15 is 0 Å². The van der Waals surface area contributed by atoms with Gasteiger partial charge in [0.2, 0.25) is 0 Å². The standard InChI is InChI=1S/C16H32N2O3/c1-12(2)7-9-18(10-8-13(3)4)16(21)17(6)11-14(5)15(19)20/h12-14H,7-11H2,1-6H3,(H,19,20). The van der Waals surface area contributed by atoms with E-state index in [1.807, 2.05) is 4.90 Å². The number of carbonyl (C=O) groups excluding carboxylic acids is 1. The normalized spacial score (nSPS) is 12.6. The molecule has 1 unspecified atom stereocenters. The van der Waals surface area contributed by atoms with Crippen molar-refractivity contribution in [2.75, 3.05) is 26.7 Å². The highest BCUT2D eigenvalue weighted by Gasteiger charge is 2.22. The number of rotatable bonds is 9. The van der Waals surface area contributed by atoms with Crippen molar-refractivity contribution >= 4 is 12.0 Å². The summed E-state index contributed by atoms with van der Waals surface area (Å²) < 4.78 is 0. The highest BCUT2D eigenvalue weighted by atomic mass is 16.4. The molecule has 0 fully saturated rings. The third kappa shape index (κ3) is 8.58. The van der Waals surface area contributed by atoms with Crippen molar-refractivity contribution in [2.24, 2.45) is 17.8 Å². The predicted octanol–water partition coefficient (Wildman–Crippen LogP) is 3.15. The summed E-state index contributed by atoms with van der Waals surface area (Å²) in [7, 11) is 1.68. The Bertz CT molecular complexity index is 317. The van der Waals surface area contributed by atoms with E-state index in [1.54, 1.807) is 14.0 Å². The minimum absolute atomic E-state index is 0.0654. The second-order valence-electron chi connectivity index (χ2n) is 6.75. The van der Waals surface area contributed by atoms with E-state index in [2.05, 4.69) is 27.7 Å². The average molecular weight is 300 g/mol. The van der Waals surface area contributed by atoms with Crippen molar-refractivity contribution in [1.29, 1.82) is 0 Å². The number of carboxylic acid groups (broad SMARTS) is 1. The molecule has 0 aromatic heterocycles. The van der Waals surface area contributed by atoms with Crippen LogP contribution in [-0.4, -0.2) is 53.6 Å². The maximum atomic E-state index is 12.5. The number of nitrogens with zero attached hydrogens (tertiary/aromatic N) is 2. The lowest BCUT2D eigenvalue weighted by Gasteiger charge is -2.30. The molecule has 0 heterocycles. The molecule has 0 saturated carbocycles. The number of aliphatic carboxylic acids is 1. The van der Waals surface area contributed by atoms with E-state index in [0.29, 0.717) is 11.8 Å². The van der Waals surface area contributed by atoms with Gasteiger partial charge < -0.3 is 14.9 Å². The lowest BCUT2D eigenvalue weighted by Crippen LogP contribution is -2.45. The molecule has 1 atom stereocenters. The van der Waals surface area contributed by atoms with Crippen LogP contribution in [-0.2, 0) is 4.79 Å². The molecule has 2 amide bonds. The second kappa shape index (κ2) is 9.64. The molecule has 5 nitrogen and oxygen atoms in total. The Morgan fingerprint density at radius 2 is 1.38 bits per heavy atom. The Kier molecular flexibility index (Phi) is 9.06. The molecule has 0 saturated heterocycles. The molecule has 0 aromatic carbocycles. The molecule has 5 heteroatoms. The van der Waals surface area contributed by atoms with Crippen LogP contribution < -0.4 is 0 Å². The molecular formula is C16H32N2O3. The lowest BCUT2D eigenvalue weighted by molar-refractivity contribution is -0.141. The first-order chi connectivity index (χ1) is 9.65. The molecule has 124 valence electrons. The van der Waals surface area contributed by atoms with Crippen LogP contribution in [0.25, 0.3) is 0 Å². The summed E-state index contributed by atoms with van der Waals surface area (Å²) in [5, 5.41) is 8.95. The Labute approximate surface area is 129 Å². The Hall–Kier alpha value is -1.26. The van der Waals surface area contributed by atoms with Crippen LogP contribution in [0.3, 0.4) is 0 Å². The first-order valence-electron chi connectivity index (χ1n) is 7.88.